The van der Waals surface area contributed by atoms with Gasteiger partial charge in [-0.2, -0.15) is 0 Å². The SMILES string of the molecule is CCCOCCNc1ccc(SC)cc1. The van der Waals surface area contributed by atoms with Gasteiger partial charge in [-0.15, -0.1) is 11.8 Å². The molecule has 1 N–H and O–H groups in total. The van der Waals surface area contributed by atoms with E-state index in [1.165, 1.54) is 4.90 Å². The van der Waals surface area contributed by atoms with Crippen molar-refractivity contribution in [1.29, 1.82) is 0 Å². The van der Waals surface area contributed by atoms with E-state index in [1.807, 2.05) is 0 Å². The van der Waals surface area contributed by atoms with Gasteiger partial charge in [0.2, 0.25) is 0 Å². The molecule has 15 heavy (non-hydrogen) atoms. The van der Waals surface area contributed by atoms with Crippen LogP contribution in [0.25, 0.3) is 0 Å². The Morgan fingerprint density at radius 2 is 1.93 bits per heavy atom. The number of hydrogen-bond acceptors (Lipinski definition) is 3. The van der Waals surface area contributed by atoms with Crippen LogP contribution in [0.3, 0.4) is 0 Å². The summed E-state index contributed by atoms with van der Waals surface area (Å²) in [6, 6.07) is 8.46. The lowest BCUT2D eigenvalue weighted by atomic mass is 10.3. The minimum atomic E-state index is 0.776. The third-order valence-electron chi connectivity index (χ3n) is 2.01. The van der Waals surface area contributed by atoms with Gasteiger partial charge in [-0.25, -0.2) is 0 Å². The molecule has 0 bridgehead atoms. The quantitative estimate of drug-likeness (QED) is 0.568. The van der Waals surface area contributed by atoms with Gasteiger partial charge in [0.1, 0.15) is 0 Å². The molecule has 0 aliphatic carbocycles. The maximum absolute atomic E-state index is 5.38. The van der Waals surface area contributed by atoms with Crippen molar-refractivity contribution in [2.75, 3.05) is 31.3 Å². The molecule has 0 aliphatic rings. The summed E-state index contributed by atoms with van der Waals surface area (Å²) in [5.41, 5.74) is 1.16. The molecule has 1 aromatic carbocycles. The Bertz CT molecular complexity index is 261. The average Bonchev–Trinajstić information content (AvgIpc) is 2.30. The number of ether oxygens (including phenoxy) is 1. The van der Waals surface area contributed by atoms with Crippen molar-refractivity contribution in [2.24, 2.45) is 0 Å². The first kappa shape index (κ1) is 12.4. The van der Waals surface area contributed by atoms with Gasteiger partial charge in [-0.3, -0.25) is 0 Å². The summed E-state index contributed by atoms with van der Waals surface area (Å²) in [4.78, 5) is 1.29. The van der Waals surface area contributed by atoms with E-state index >= 15 is 0 Å². The van der Waals surface area contributed by atoms with Crippen molar-refractivity contribution >= 4 is 17.4 Å². The minimum absolute atomic E-state index is 0.776. The van der Waals surface area contributed by atoms with E-state index in [1.54, 1.807) is 11.8 Å². The van der Waals surface area contributed by atoms with Crippen LogP contribution in [-0.4, -0.2) is 26.0 Å². The van der Waals surface area contributed by atoms with Crippen LogP contribution in [0.1, 0.15) is 13.3 Å². The first-order chi connectivity index (χ1) is 7.36. The maximum Gasteiger partial charge on any atom is 0.0639 e. The normalized spacial score (nSPS) is 10.3. The van der Waals surface area contributed by atoms with Gasteiger partial charge in [0.25, 0.3) is 0 Å². The van der Waals surface area contributed by atoms with E-state index in [2.05, 4.69) is 42.8 Å². The summed E-state index contributed by atoms with van der Waals surface area (Å²) in [7, 11) is 0. The van der Waals surface area contributed by atoms with Crippen LogP contribution in [0.15, 0.2) is 29.2 Å². The van der Waals surface area contributed by atoms with E-state index in [4.69, 9.17) is 4.74 Å². The molecule has 84 valence electrons. The van der Waals surface area contributed by atoms with Crippen LogP contribution >= 0.6 is 11.8 Å². The number of thioether (sulfide) groups is 1. The summed E-state index contributed by atoms with van der Waals surface area (Å²) >= 11 is 1.76. The highest BCUT2D eigenvalue weighted by atomic mass is 32.2. The van der Waals surface area contributed by atoms with Gasteiger partial charge in [0.15, 0.2) is 0 Å². The van der Waals surface area contributed by atoms with Crippen molar-refractivity contribution in [3.8, 4) is 0 Å². The predicted octanol–water partition coefficient (Wildman–Crippen LogP) is 3.25. The van der Waals surface area contributed by atoms with Crippen molar-refractivity contribution in [1.82, 2.24) is 0 Å². The standard InChI is InChI=1S/C12H19NOS/c1-3-9-14-10-8-13-11-4-6-12(15-2)7-5-11/h4-7,13H,3,8-10H2,1-2H3. The summed E-state index contributed by atoms with van der Waals surface area (Å²) < 4.78 is 5.38. The van der Waals surface area contributed by atoms with Crippen LogP contribution in [0.4, 0.5) is 5.69 Å². The lowest BCUT2D eigenvalue weighted by Crippen LogP contribution is -2.09. The zero-order valence-electron chi connectivity index (χ0n) is 9.45. The number of anilines is 1. The second-order valence-electron chi connectivity index (χ2n) is 3.27. The summed E-state index contributed by atoms with van der Waals surface area (Å²) in [6.45, 7) is 4.62. The van der Waals surface area contributed by atoms with E-state index in [0.29, 0.717) is 0 Å². The lowest BCUT2D eigenvalue weighted by molar-refractivity contribution is 0.144. The molecule has 0 fully saturated rings. The molecule has 0 amide bonds. The highest BCUT2D eigenvalue weighted by Gasteiger charge is 1.92. The molecule has 3 heteroatoms. The fraction of sp³-hybridized carbons (Fsp3) is 0.500. The molecule has 0 heterocycles. The topological polar surface area (TPSA) is 21.3 Å². The minimum Gasteiger partial charge on any atom is -0.383 e. The van der Waals surface area contributed by atoms with Gasteiger partial charge in [0, 0.05) is 23.7 Å². The van der Waals surface area contributed by atoms with Crippen LogP contribution in [0.2, 0.25) is 0 Å². The van der Waals surface area contributed by atoms with Gasteiger partial charge >= 0.3 is 0 Å². The Labute approximate surface area is 96.4 Å². The van der Waals surface area contributed by atoms with E-state index in [0.717, 1.165) is 31.9 Å². The Kier molecular flexibility index (Phi) is 6.28. The fourth-order valence-corrected chi connectivity index (χ4v) is 1.63. The van der Waals surface area contributed by atoms with Gasteiger partial charge < -0.3 is 10.1 Å². The molecule has 1 rings (SSSR count). The molecule has 0 aromatic heterocycles. The molecule has 0 atom stereocenters. The molecule has 0 radical (unpaired) electrons. The van der Waals surface area contributed by atoms with Crippen LogP contribution in [-0.2, 0) is 4.74 Å². The first-order valence-corrected chi connectivity index (χ1v) is 6.55. The maximum atomic E-state index is 5.38. The third-order valence-corrected chi connectivity index (χ3v) is 2.76. The largest absolute Gasteiger partial charge is 0.383 e. The molecule has 2 nitrogen and oxygen atoms in total. The molecule has 0 spiro atoms. The summed E-state index contributed by atoms with van der Waals surface area (Å²) in [5, 5.41) is 3.32. The molecule has 0 saturated heterocycles. The fourth-order valence-electron chi connectivity index (χ4n) is 1.22. The number of nitrogens with one attached hydrogen (secondary N) is 1. The molecule has 0 saturated carbocycles. The molecule has 0 unspecified atom stereocenters. The highest BCUT2D eigenvalue weighted by Crippen LogP contribution is 2.17. The zero-order valence-corrected chi connectivity index (χ0v) is 10.3. The number of rotatable bonds is 7. The Hall–Kier alpha value is -0.670. The summed E-state index contributed by atoms with van der Waals surface area (Å²) in [6.07, 6.45) is 3.17. The summed E-state index contributed by atoms with van der Waals surface area (Å²) in [5.74, 6) is 0. The van der Waals surface area contributed by atoms with E-state index in [9.17, 15) is 0 Å². The molecule has 0 aliphatic heterocycles. The number of benzene rings is 1. The van der Waals surface area contributed by atoms with E-state index in [-0.39, 0.29) is 0 Å². The van der Waals surface area contributed by atoms with Crippen molar-refractivity contribution in [3.05, 3.63) is 24.3 Å². The van der Waals surface area contributed by atoms with Gasteiger partial charge in [-0.05, 0) is 36.9 Å². The van der Waals surface area contributed by atoms with Gasteiger partial charge in [-0.1, -0.05) is 6.92 Å². The Morgan fingerprint density at radius 3 is 2.53 bits per heavy atom. The van der Waals surface area contributed by atoms with Crippen LogP contribution in [0, 0.1) is 0 Å². The van der Waals surface area contributed by atoms with Gasteiger partial charge in [0.05, 0.1) is 6.61 Å². The van der Waals surface area contributed by atoms with E-state index < -0.39 is 0 Å². The van der Waals surface area contributed by atoms with Crippen LogP contribution < -0.4 is 5.32 Å². The van der Waals surface area contributed by atoms with Crippen molar-refractivity contribution in [3.63, 3.8) is 0 Å². The second kappa shape index (κ2) is 7.60. The predicted molar refractivity (Wildman–Crippen MR) is 67.8 cm³/mol. The van der Waals surface area contributed by atoms with Crippen LogP contribution in [0.5, 0.6) is 0 Å². The van der Waals surface area contributed by atoms with Crippen molar-refractivity contribution < 1.29 is 4.74 Å². The third kappa shape index (κ3) is 5.09. The molecule has 1 aromatic rings. The lowest BCUT2D eigenvalue weighted by Gasteiger charge is -2.07. The first-order valence-electron chi connectivity index (χ1n) is 5.32. The average molecular weight is 225 g/mol. The Morgan fingerprint density at radius 1 is 1.20 bits per heavy atom. The van der Waals surface area contributed by atoms with Crippen molar-refractivity contribution in [2.45, 2.75) is 18.2 Å². The highest BCUT2D eigenvalue weighted by molar-refractivity contribution is 7.98. The molecular formula is C12H19NOS. The second-order valence-corrected chi connectivity index (χ2v) is 4.15. The smallest absolute Gasteiger partial charge is 0.0639 e. The number of hydrogen-bond donors (Lipinski definition) is 1. The zero-order chi connectivity index (χ0) is 10.9. The monoisotopic (exact) mass is 225 g/mol. The Balaban J connectivity index is 2.20. The molecular weight excluding hydrogens is 206 g/mol.